The van der Waals surface area contributed by atoms with Gasteiger partial charge < -0.3 is 16.2 Å². The zero-order valence-electron chi connectivity index (χ0n) is 11.8. The van der Waals surface area contributed by atoms with Crippen molar-refractivity contribution in [1.82, 2.24) is 0 Å². The van der Waals surface area contributed by atoms with Crippen LogP contribution in [-0.4, -0.2) is 24.2 Å². The van der Waals surface area contributed by atoms with Gasteiger partial charge in [0.1, 0.15) is 23.0 Å². The minimum absolute atomic E-state index is 0. The predicted octanol–water partition coefficient (Wildman–Crippen LogP) is 1.89. The molecule has 0 unspecified atom stereocenters. The monoisotopic (exact) mass is 327 g/mol. The molecule has 126 valence electrons. The molecular formula is C15H19F2N3O3. The van der Waals surface area contributed by atoms with Gasteiger partial charge in [0.25, 0.3) is 0 Å². The van der Waals surface area contributed by atoms with Gasteiger partial charge in [0, 0.05) is 11.8 Å². The van der Waals surface area contributed by atoms with E-state index in [0.717, 1.165) is 12.1 Å². The molecule has 0 fully saturated rings. The summed E-state index contributed by atoms with van der Waals surface area (Å²) in [5, 5.41) is 7.28. The molecule has 0 saturated heterocycles. The number of hydrogen-bond acceptors (Lipinski definition) is 5. The number of halogens is 2. The molecule has 0 radical (unpaired) electrons. The number of rotatable bonds is 6. The topological polar surface area (TPSA) is 119 Å². The number of hydrogen-bond donors (Lipinski definition) is 3. The lowest BCUT2D eigenvalue weighted by atomic mass is 10.1. The fourth-order valence-electron chi connectivity index (χ4n) is 1.59. The van der Waals surface area contributed by atoms with Crippen molar-refractivity contribution < 1.29 is 23.1 Å². The number of nitrogens with two attached hydrogens (primary N) is 2. The molecule has 6 nitrogen and oxygen atoms in total. The molecule has 5 N–H and O–H groups in total. The SMILES string of the molecule is C.CCC(N)=C(C(=N)N)C(=O)OCC(=O)c1ccc(F)cc1F. The fourth-order valence-corrected chi connectivity index (χ4v) is 1.59. The van der Waals surface area contributed by atoms with Crippen molar-refractivity contribution in [3.63, 3.8) is 0 Å². The van der Waals surface area contributed by atoms with Gasteiger partial charge in [-0.1, -0.05) is 14.4 Å². The number of allylic oxidation sites excluding steroid dienone is 1. The van der Waals surface area contributed by atoms with Gasteiger partial charge >= 0.3 is 5.97 Å². The van der Waals surface area contributed by atoms with Crippen molar-refractivity contribution in [2.75, 3.05) is 6.61 Å². The molecule has 0 bridgehead atoms. The molecule has 0 aliphatic rings. The minimum atomic E-state index is -1.06. The third kappa shape index (κ3) is 5.17. The second kappa shape index (κ2) is 8.62. The van der Waals surface area contributed by atoms with Crippen LogP contribution in [0.5, 0.6) is 0 Å². The molecule has 23 heavy (non-hydrogen) atoms. The molecule has 0 atom stereocenters. The number of ketones is 1. The van der Waals surface area contributed by atoms with Gasteiger partial charge in [-0.05, 0) is 18.6 Å². The van der Waals surface area contributed by atoms with Crippen LogP contribution in [0.3, 0.4) is 0 Å². The Hall–Kier alpha value is -2.77. The van der Waals surface area contributed by atoms with Crippen LogP contribution < -0.4 is 11.5 Å². The second-order valence-corrected chi connectivity index (χ2v) is 4.29. The van der Waals surface area contributed by atoms with E-state index in [4.69, 9.17) is 16.9 Å². The van der Waals surface area contributed by atoms with Crippen LogP contribution in [0, 0.1) is 17.0 Å². The number of nitrogens with one attached hydrogen (secondary N) is 1. The normalized spacial score (nSPS) is 11.1. The molecule has 0 heterocycles. The Morgan fingerprint density at radius 1 is 1.26 bits per heavy atom. The molecule has 0 amide bonds. The summed E-state index contributed by atoms with van der Waals surface area (Å²) in [6.45, 7) is 0.861. The molecule has 8 heteroatoms. The summed E-state index contributed by atoms with van der Waals surface area (Å²) in [6, 6.07) is 2.40. The van der Waals surface area contributed by atoms with Crippen LogP contribution in [-0.2, 0) is 9.53 Å². The molecule has 0 aliphatic heterocycles. The van der Waals surface area contributed by atoms with Crippen LogP contribution in [0.2, 0.25) is 0 Å². The minimum Gasteiger partial charge on any atom is -0.454 e. The highest BCUT2D eigenvalue weighted by molar-refractivity contribution is 6.17. The Balaban J connectivity index is 0.00000484. The number of carbonyl (C=O) groups is 2. The van der Waals surface area contributed by atoms with Crippen molar-refractivity contribution in [2.45, 2.75) is 20.8 Å². The zero-order valence-corrected chi connectivity index (χ0v) is 11.8. The van der Waals surface area contributed by atoms with E-state index in [1.807, 2.05) is 0 Å². The summed E-state index contributed by atoms with van der Waals surface area (Å²) in [7, 11) is 0. The number of Topliss-reactive ketones (excluding diaryl/α,β-unsaturated/α-hetero) is 1. The number of benzene rings is 1. The molecule has 0 spiro atoms. The Morgan fingerprint density at radius 3 is 2.35 bits per heavy atom. The Labute approximate surface area is 132 Å². The summed E-state index contributed by atoms with van der Waals surface area (Å²) < 4.78 is 30.8. The Morgan fingerprint density at radius 2 is 1.87 bits per heavy atom. The van der Waals surface area contributed by atoms with E-state index in [-0.39, 0.29) is 25.1 Å². The number of carbonyl (C=O) groups excluding carboxylic acids is 2. The molecule has 0 aliphatic carbocycles. The van der Waals surface area contributed by atoms with Gasteiger partial charge in [-0.2, -0.15) is 0 Å². The highest BCUT2D eigenvalue weighted by Gasteiger charge is 2.20. The summed E-state index contributed by atoms with van der Waals surface area (Å²) in [5.41, 5.74) is 10.1. The third-order valence-corrected chi connectivity index (χ3v) is 2.74. The largest absolute Gasteiger partial charge is 0.454 e. The number of esters is 1. The van der Waals surface area contributed by atoms with Crippen molar-refractivity contribution >= 4 is 17.6 Å². The van der Waals surface area contributed by atoms with Crippen LogP contribution in [0.4, 0.5) is 8.78 Å². The maximum Gasteiger partial charge on any atom is 0.344 e. The first-order valence-corrected chi connectivity index (χ1v) is 6.26. The molecule has 0 aromatic heterocycles. The number of amidine groups is 1. The average Bonchev–Trinajstić information content (AvgIpc) is 2.44. The summed E-state index contributed by atoms with van der Waals surface area (Å²) >= 11 is 0. The smallest absolute Gasteiger partial charge is 0.344 e. The van der Waals surface area contributed by atoms with Crippen molar-refractivity contribution in [3.05, 3.63) is 46.7 Å². The van der Waals surface area contributed by atoms with Crippen LogP contribution >= 0.6 is 0 Å². The first kappa shape index (κ1) is 20.2. The van der Waals surface area contributed by atoms with Gasteiger partial charge in [0.05, 0.1) is 5.56 Å². The maximum absolute atomic E-state index is 13.4. The molecule has 1 aromatic rings. The summed E-state index contributed by atoms with van der Waals surface area (Å²) in [4.78, 5) is 23.5. The van der Waals surface area contributed by atoms with Gasteiger partial charge in [0.2, 0.25) is 5.78 Å². The lowest BCUT2D eigenvalue weighted by Crippen LogP contribution is -2.27. The Bertz CT molecular complexity index is 657. The average molecular weight is 327 g/mol. The van der Waals surface area contributed by atoms with Gasteiger partial charge in [-0.25, -0.2) is 13.6 Å². The summed E-state index contributed by atoms with van der Waals surface area (Å²) in [5.74, 6) is -4.39. The van der Waals surface area contributed by atoms with E-state index >= 15 is 0 Å². The van der Waals surface area contributed by atoms with Crippen LogP contribution in [0.1, 0.15) is 31.1 Å². The highest BCUT2D eigenvalue weighted by Crippen LogP contribution is 2.11. The lowest BCUT2D eigenvalue weighted by Gasteiger charge is -2.09. The standard InChI is InChI=1S/C14H15F2N3O3.CH4/c1-2-10(17)12(13(18)19)14(21)22-6-11(20)8-4-3-7(15)5-9(8)16;/h3-5H,2,6,17H2,1H3,(H3,18,19);1H4. The molecule has 0 saturated carbocycles. The van der Waals surface area contributed by atoms with E-state index in [1.165, 1.54) is 0 Å². The van der Waals surface area contributed by atoms with E-state index < -0.39 is 41.4 Å². The van der Waals surface area contributed by atoms with E-state index in [1.54, 1.807) is 6.92 Å². The zero-order chi connectivity index (χ0) is 16.9. The van der Waals surface area contributed by atoms with Gasteiger partial charge in [-0.3, -0.25) is 10.2 Å². The lowest BCUT2D eigenvalue weighted by molar-refractivity contribution is -0.137. The quantitative estimate of drug-likeness (QED) is 0.242. The second-order valence-electron chi connectivity index (χ2n) is 4.29. The van der Waals surface area contributed by atoms with Crippen LogP contribution in [0.15, 0.2) is 29.5 Å². The van der Waals surface area contributed by atoms with Crippen molar-refractivity contribution in [1.29, 1.82) is 5.41 Å². The van der Waals surface area contributed by atoms with E-state index in [0.29, 0.717) is 6.07 Å². The first-order chi connectivity index (χ1) is 10.3. The Kier molecular flexibility index (Phi) is 7.58. The van der Waals surface area contributed by atoms with E-state index in [2.05, 4.69) is 4.74 Å². The molecule has 1 aromatic carbocycles. The predicted molar refractivity (Wildman–Crippen MR) is 81.8 cm³/mol. The van der Waals surface area contributed by atoms with Gasteiger partial charge in [-0.15, -0.1) is 0 Å². The maximum atomic E-state index is 13.4. The van der Waals surface area contributed by atoms with Crippen LogP contribution in [0.25, 0.3) is 0 Å². The first-order valence-electron chi connectivity index (χ1n) is 6.26. The summed E-state index contributed by atoms with van der Waals surface area (Å²) in [6.07, 6.45) is 0.255. The van der Waals surface area contributed by atoms with Gasteiger partial charge in [0.15, 0.2) is 6.61 Å². The third-order valence-electron chi connectivity index (χ3n) is 2.74. The number of ether oxygens (including phenoxy) is 1. The van der Waals surface area contributed by atoms with Crippen molar-refractivity contribution in [2.24, 2.45) is 11.5 Å². The highest BCUT2D eigenvalue weighted by atomic mass is 19.1. The molecule has 1 rings (SSSR count). The fraction of sp³-hybridized carbons (Fsp3) is 0.267. The van der Waals surface area contributed by atoms with Crippen molar-refractivity contribution in [3.8, 4) is 0 Å². The molecular weight excluding hydrogens is 308 g/mol. The van der Waals surface area contributed by atoms with E-state index in [9.17, 15) is 18.4 Å².